The summed E-state index contributed by atoms with van der Waals surface area (Å²) in [5, 5.41) is 0. The lowest BCUT2D eigenvalue weighted by Gasteiger charge is -2.56. The number of rotatable bonds is 8. The second-order valence-electron chi connectivity index (χ2n) is 12.3. The van der Waals surface area contributed by atoms with Crippen molar-refractivity contribution in [2.45, 2.75) is 126 Å². The third-order valence-electron chi connectivity index (χ3n) is 9.75. The largest absolute Gasteiger partial charge is 0.465 e. The van der Waals surface area contributed by atoms with Gasteiger partial charge in [-0.25, -0.2) is 0 Å². The number of Topliss-reactive ketones (excluding diaryl/α,β-unsaturated/α-hetero) is 1. The van der Waals surface area contributed by atoms with Crippen molar-refractivity contribution in [3.8, 4) is 0 Å². The Kier molecular flexibility index (Phi) is 9.81. The molecule has 1 aromatic heterocycles. The molecule has 1 aromatic rings. The number of hydrogen-bond acceptors (Lipinski definition) is 7. The summed E-state index contributed by atoms with van der Waals surface area (Å²) in [5.41, 5.74) is 1.75. The van der Waals surface area contributed by atoms with E-state index < -0.39 is 29.8 Å². The first kappa shape index (κ1) is 32.1. The molecule has 0 radical (unpaired) electrons. The number of allylic oxidation sites excluding steroid dienone is 2. The zero-order valence-corrected chi connectivity index (χ0v) is 26.6. The van der Waals surface area contributed by atoms with E-state index in [-0.39, 0.29) is 40.9 Å². The summed E-state index contributed by atoms with van der Waals surface area (Å²) >= 11 is 0. The van der Waals surface area contributed by atoms with Gasteiger partial charge in [0, 0.05) is 40.9 Å². The number of hydrogen-bond donors (Lipinski definition) is 0. The Hall–Kier alpha value is -2.41. The number of aryl methyl sites for hydroxylation is 1. The van der Waals surface area contributed by atoms with Gasteiger partial charge in [0.2, 0.25) is 5.79 Å². The van der Waals surface area contributed by atoms with Crippen molar-refractivity contribution in [1.29, 1.82) is 0 Å². The molecule has 1 saturated heterocycles. The van der Waals surface area contributed by atoms with Crippen LogP contribution in [0.5, 0.6) is 0 Å². The second kappa shape index (κ2) is 12.2. The molecule has 40 heavy (non-hydrogen) atoms. The average Bonchev–Trinajstić information content (AvgIpc) is 2.95. The lowest BCUT2D eigenvalue weighted by Crippen LogP contribution is -2.65. The molecule has 1 spiro atoms. The smallest absolute Gasteiger partial charge is 0.308 e. The maximum absolute atomic E-state index is 13.7. The molecule has 3 rings (SSSR count). The Morgan fingerprint density at radius 3 is 2.15 bits per heavy atom. The van der Waals surface area contributed by atoms with Crippen LogP contribution < -0.4 is 5.43 Å². The number of ketones is 1. The van der Waals surface area contributed by atoms with Gasteiger partial charge in [-0.2, -0.15) is 0 Å². The fourth-order valence-corrected chi connectivity index (χ4v) is 6.44. The molecule has 0 bridgehead atoms. The first-order chi connectivity index (χ1) is 18.7. The van der Waals surface area contributed by atoms with E-state index in [0.717, 1.165) is 6.42 Å². The highest BCUT2D eigenvalue weighted by molar-refractivity contribution is 5.98. The van der Waals surface area contributed by atoms with Crippen LogP contribution in [-0.2, 0) is 30.2 Å². The average molecular weight is 559 g/mol. The monoisotopic (exact) mass is 558 g/mol. The van der Waals surface area contributed by atoms with Gasteiger partial charge in [0.25, 0.3) is 0 Å². The molecule has 2 aliphatic rings. The van der Waals surface area contributed by atoms with Gasteiger partial charge in [-0.3, -0.25) is 14.4 Å². The van der Waals surface area contributed by atoms with Gasteiger partial charge in [0.15, 0.2) is 11.2 Å². The molecule has 0 aliphatic carbocycles. The highest BCUT2D eigenvalue weighted by atomic mass is 16.7. The summed E-state index contributed by atoms with van der Waals surface area (Å²) in [4.78, 5) is 40.0. The summed E-state index contributed by atoms with van der Waals surface area (Å²) in [5.74, 6) is -1.71. The van der Waals surface area contributed by atoms with E-state index >= 15 is 0 Å². The molecule has 7 nitrogen and oxygen atoms in total. The summed E-state index contributed by atoms with van der Waals surface area (Å²) in [6, 6.07) is 0. The highest BCUT2D eigenvalue weighted by Gasteiger charge is 2.62. The second-order valence-corrected chi connectivity index (χ2v) is 12.3. The number of carbonyl (C=O) groups excluding carboxylic acids is 2. The Balaban J connectivity index is 2.20. The Bertz CT molecular complexity index is 1210. The van der Waals surface area contributed by atoms with Gasteiger partial charge in [0.1, 0.15) is 23.4 Å². The molecule has 0 N–H and O–H groups in total. The van der Waals surface area contributed by atoms with Gasteiger partial charge in [0.05, 0.1) is 23.9 Å². The van der Waals surface area contributed by atoms with E-state index in [2.05, 4.69) is 6.92 Å². The SMILES string of the molecule is CCc1oc([C@H](C)[C@@H]2OC3(OC([C@H](C)CC)=C(C)C(=O)[C@@H]3C)C(C)[C@@H](OC(=O)C(C)CC)[C@@H]2C)c(C)c(=O)c1C. The van der Waals surface area contributed by atoms with E-state index in [0.29, 0.717) is 46.8 Å². The molecule has 1 fully saturated rings. The first-order valence-electron chi connectivity index (χ1n) is 15.1. The zero-order chi connectivity index (χ0) is 30.3. The van der Waals surface area contributed by atoms with Crippen LogP contribution in [0.3, 0.4) is 0 Å². The Morgan fingerprint density at radius 1 is 0.975 bits per heavy atom. The van der Waals surface area contributed by atoms with Gasteiger partial charge in [-0.15, -0.1) is 0 Å². The number of esters is 1. The van der Waals surface area contributed by atoms with E-state index in [9.17, 15) is 14.4 Å². The van der Waals surface area contributed by atoms with Crippen LogP contribution in [0.25, 0.3) is 0 Å². The molecule has 9 atom stereocenters. The first-order valence-corrected chi connectivity index (χ1v) is 15.1. The summed E-state index contributed by atoms with van der Waals surface area (Å²) in [6.07, 6.45) is 0.934. The molecular formula is C33H50O7. The van der Waals surface area contributed by atoms with E-state index in [4.69, 9.17) is 18.6 Å². The molecule has 0 saturated carbocycles. The number of carbonyl (C=O) groups is 2. The third-order valence-corrected chi connectivity index (χ3v) is 9.75. The van der Waals surface area contributed by atoms with Crippen LogP contribution in [0.4, 0.5) is 0 Å². The Labute approximate surface area is 240 Å². The fourth-order valence-electron chi connectivity index (χ4n) is 6.44. The zero-order valence-electron chi connectivity index (χ0n) is 26.6. The maximum Gasteiger partial charge on any atom is 0.308 e. The van der Waals surface area contributed by atoms with Crippen molar-refractivity contribution >= 4 is 11.8 Å². The minimum Gasteiger partial charge on any atom is -0.465 e. The molecular weight excluding hydrogens is 508 g/mol. The van der Waals surface area contributed by atoms with Crippen molar-refractivity contribution in [1.82, 2.24) is 0 Å². The van der Waals surface area contributed by atoms with E-state index in [1.807, 2.05) is 62.3 Å². The third kappa shape index (κ3) is 5.31. The molecule has 7 heteroatoms. The molecule has 2 aliphatic heterocycles. The normalized spacial score (nSPS) is 31.1. The lowest BCUT2D eigenvalue weighted by atomic mass is 9.70. The van der Waals surface area contributed by atoms with Gasteiger partial charge >= 0.3 is 5.97 Å². The van der Waals surface area contributed by atoms with Gasteiger partial charge < -0.3 is 18.6 Å². The molecule has 3 heterocycles. The van der Waals surface area contributed by atoms with Crippen molar-refractivity contribution in [3.05, 3.63) is 44.2 Å². The van der Waals surface area contributed by atoms with Crippen LogP contribution >= 0.6 is 0 Å². The predicted octanol–water partition coefficient (Wildman–Crippen LogP) is 6.80. The van der Waals surface area contributed by atoms with Crippen LogP contribution in [0.1, 0.15) is 111 Å². The van der Waals surface area contributed by atoms with Crippen molar-refractivity contribution in [2.75, 3.05) is 0 Å². The predicted molar refractivity (Wildman–Crippen MR) is 155 cm³/mol. The fraction of sp³-hybridized carbons (Fsp3) is 0.727. The summed E-state index contributed by atoms with van der Waals surface area (Å²) in [6.45, 7) is 23.1. The van der Waals surface area contributed by atoms with Gasteiger partial charge in [-0.05, 0) is 40.5 Å². The molecule has 224 valence electrons. The Morgan fingerprint density at radius 2 is 1.60 bits per heavy atom. The topological polar surface area (TPSA) is 92.0 Å². The molecule has 0 amide bonds. The van der Waals surface area contributed by atoms with Gasteiger partial charge in [-0.1, -0.05) is 55.4 Å². The van der Waals surface area contributed by atoms with Crippen molar-refractivity contribution in [2.24, 2.45) is 29.6 Å². The standard InChI is InChI=1S/C33H50O7/c1-13-16(4)28-20(8)27(35)23(11)33(39-28)24(12)31(38-32(36)17(5)14-2)22(10)30(40-33)21(9)29-19(7)26(34)18(6)25(15-3)37-29/h16-17,21-24,30-31H,13-15H2,1-12H3/t16-,17?,21+,22-,23+,24?,30+,31+,33?/m1/s1. The lowest BCUT2D eigenvalue weighted by molar-refractivity contribution is -0.347. The summed E-state index contributed by atoms with van der Waals surface area (Å²) in [7, 11) is 0. The maximum atomic E-state index is 13.7. The number of ether oxygens (including phenoxy) is 3. The molecule has 0 aromatic carbocycles. The van der Waals surface area contributed by atoms with E-state index in [1.54, 1.807) is 13.8 Å². The highest BCUT2D eigenvalue weighted by Crippen LogP contribution is 2.52. The van der Waals surface area contributed by atoms with Crippen LogP contribution in [-0.4, -0.2) is 29.7 Å². The van der Waals surface area contributed by atoms with Crippen LogP contribution in [0.15, 0.2) is 20.5 Å². The quantitative estimate of drug-likeness (QED) is 0.324. The van der Waals surface area contributed by atoms with Crippen molar-refractivity contribution in [3.63, 3.8) is 0 Å². The van der Waals surface area contributed by atoms with E-state index in [1.165, 1.54) is 0 Å². The van der Waals surface area contributed by atoms with Crippen molar-refractivity contribution < 1.29 is 28.2 Å². The minimum atomic E-state index is -1.34. The van der Waals surface area contributed by atoms with Crippen LogP contribution in [0.2, 0.25) is 0 Å². The molecule has 3 unspecified atom stereocenters. The minimum absolute atomic E-state index is 0.0185. The summed E-state index contributed by atoms with van der Waals surface area (Å²) < 4.78 is 26.4. The van der Waals surface area contributed by atoms with Crippen LogP contribution in [0, 0.1) is 43.4 Å².